The Balaban J connectivity index is 2.06. The largest absolute Gasteiger partial charge is 0.488 e. The third kappa shape index (κ3) is 3.14. The molecule has 1 aromatic rings. The van der Waals surface area contributed by atoms with E-state index >= 15 is 0 Å². The molecule has 0 aromatic heterocycles. The first-order chi connectivity index (χ1) is 8.16. The summed E-state index contributed by atoms with van der Waals surface area (Å²) in [6, 6.07) is 4.52. The van der Waals surface area contributed by atoms with Gasteiger partial charge in [0, 0.05) is 18.2 Å². The van der Waals surface area contributed by atoms with Crippen LogP contribution < -0.4 is 10.5 Å². The number of thiocarbonyl (C=S) groups is 1. The van der Waals surface area contributed by atoms with Crippen LogP contribution >= 0.6 is 12.2 Å². The van der Waals surface area contributed by atoms with E-state index in [4.69, 9.17) is 27.4 Å². The average Bonchev–Trinajstić information content (AvgIpc) is 2.30. The molecular weight excluding hydrogens is 241 g/mol. The summed E-state index contributed by atoms with van der Waals surface area (Å²) in [4.78, 5) is 0.0510. The van der Waals surface area contributed by atoms with Gasteiger partial charge in [-0.1, -0.05) is 12.2 Å². The third-order valence-corrected chi connectivity index (χ3v) is 2.85. The summed E-state index contributed by atoms with van der Waals surface area (Å²) in [5.41, 5.74) is 5.62. The van der Waals surface area contributed by atoms with E-state index in [9.17, 15) is 4.39 Å². The molecule has 0 spiro atoms. The lowest BCUT2D eigenvalue weighted by atomic mass is 10.1. The molecule has 2 rings (SSSR count). The summed E-state index contributed by atoms with van der Waals surface area (Å²) >= 11 is 4.73. The number of ether oxygens (including phenoxy) is 2. The van der Waals surface area contributed by atoms with Crippen LogP contribution in [0.15, 0.2) is 18.2 Å². The molecule has 92 valence electrons. The van der Waals surface area contributed by atoms with Gasteiger partial charge in [0.2, 0.25) is 0 Å². The minimum atomic E-state index is -0.452. The molecule has 0 amide bonds. The first kappa shape index (κ1) is 12.3. The van der Waals surface area contributed by atoms with Crippen LogP contribution in [0.25, 0.3) is 0 Å². The number of nitrogens with two attached hydrogens (primary N) is 1. The maximum Gasteiger partial charge on any atom is 0.137 e. The van der Waals surface area contributed by atoms with Crippen molar-refractivity contribution in [2.24, 2.45) is 5.73 Å². The topological polar surface area (TPSA) is 44.5 Å². The van der Waals surface area contributed by atoms with Crippen molar-refractivity contribution in [1.29, 1.82) is 0 Å². The maximum atomic E-state index is 13.6. The Morgan fingerprint density at radius 2 is 2.35 bits per heavy atom. The van der Waals surface area contributed by atoms with Crippen LogP contribution in [0.4, 0.5) is 4.39 Å². The van der Waals surface area contributed by atoms with Crippen molar-refractivity contribution in [3.8, 4) is 5.75 Å². The molecule has 1 saturated heterocycles. The van der Waals surface area contributed by atoms with Crippen molar-refractivity contribution in [2.75, 3.05) is 13.2 Å². The lowest BCUT2D eigenvalue weighted by Crippen LogP contribution is -2.28. The van der Waals surface area contributed by atoms with E-state index in [1.807, 2.05) is 0 Å². The first-order valence-corrected chi connectivity index (χ1v) is 5.91. The molecular formula is C12H14FNO2S. The zero-order chi connectivity index (χ0) is 12.3. The molecule has 3 nitrogen and oxygen atoms in total. The molecule has 1 heterocycles. The zero-order valence-electron chi connectivity index (χ0n) is 9.32. The number of benzene rings is 1. The minimum absolute atomic E-state index is 0.00109. The van der Waals surface area contributed by atoms with Crippen molar-refractivity contribution >= 4 is 17.2 Å². The highest BCUT2D eigenvalue weighted by atomic mass is 32.1. The predicted molar refractivity (Wildman–Crippen MR) is 66.8 cm³/mol. The molecule has 2 N–H and O–H groups in total. The molecule has 1 aliphatic heterocycles. The minimum Gasteiger partial charge on any atom is -0.488 e. The zero-order valence-corrected chi connectivity index (χ0v) is 10.1. The van der Waals surface area contributed by atoms with Crippen molar-refractivity contribution in [1.82, 2.24) is 0 Å². The second kappa shape index (κ2) is 5.42. The third-order valence-electron chi connectivity index (χ3n) is 2.63. The van der Waals surface area contributed by atoms with E-state index in [0.29, 0.717) is 12.4 Å². The van der Waals surface area contributed by atoms with Crippen molar-refractivity contribution < 1.29 is 13.9 Å². The summed E-state index contributed by atoms with van der Waals surface area (Å²) < 4.78 is 24.5. The maximum absolute atomic E-state index is 13.6. The van der Waals surface area contributed by atoms with Gasteiger partial charge in [0.25, 0.3) is 0 Å². The Bertz CT molecular complexity index is 419. The van der Waals surface area contributed by atoms with Gasteiger partial charge in [-0.05, 0) is 25.0 Å². The van der Waals surface area contributed by atoms with Crippen LogP contribution in [0.3, 0.4) is 0 Å². The lowest BCUT2D eigenvalue weighted by molar-refractivity contribution is 0.00731. The SMILES string of the molecule is NC(=S)c1ccc(OC2CCCOC2)cc1F. The van der Waals surface area contributed by atoms with E-state index in [-0.39, 0.29) is 16.7 Å². The van der Waals surface area contributed by atoms with E-state index in [2.05, 4.69) is 0 Å². The highest BCUT2D eigenvalue weighted by Gasteiger charge is 2.16. The highest BCUT2D eigenvalue weighted by molar-refractivity contribution is 7.80. The fourth-order valence-corrected chi connectivity index (χ4v) is 1.93. The van der Waals surface area contributed by atoms with Crippen LogP contribution in [0, 0.1) is 5.82 Å². The predicted octanol–water partition coefficient (Wildman–Crippen LogP) is 2.02. The molecule has 0 aliphatic carbocycles. The molecule has 1 atom stereocenters. The lowest BCUT2D eigenvalue weighted by Gasteiger charge is -2.23. The summed E-state index contributed by atoms with van der Waals surface area (Å²) in [6.45, 7) is 1.33. The van der Waals surface area contributed by atoms with E-state index in [1.165, 1.54) is 12.1 Å². The molecule has 5 heteroatoms. The quantitative estimate of drug-likeness (QED) is 0.839. The van der Waals surface area contributed by atoms with Gasteiger partial charge in [-0.3, -0.25) is 0 Å². The van der Waals surface area contributed by atoms with Gasteiger partial charge in [0.1, 0.15) is 22.7 Å². The molecule has 0 bridgehead atoms. The molecule has 0 saturated carbocycles. The van der Waals surface area contributed by atoms with Gasteiger partial charge in [-0.2, -0.15) is 0 Å². The molecule has 1 unspecified atom stereocenters. The summed E-state index contributed by atoms with van der Waals surface area (Å²) in [5.74, 6) is 0.0322. The smallest absolute Gasteiger partial charge is 0.137 e. The van der Waals surface area contributed by atoms with Gasteiger partial charge in [-0.25, -0.2) is 4.39 Å². The number of rotatable bonds is 3. The van der Waals surface area contributed by atoms with Crippen molar-refractivity contribution in [2.45, 2.75) is 18.9 Å². The Morgan fingerprint density at radius 3 is 2.94 bits per heavy atom. The first-order valence-electron chi connectivity index (χ1n) is 5.50. The van der Waals surface area contributed by atoms with Crippen molar-refractivity contribution in [3.63, 3.8) is 0 Å². The van der Waals surface area contributed by atoms with Crippen molar-refractivity contribution in [3.05, 3.63) is 29.6 Å². The van der Waals surface area contributed by atoms with Crippen LogP contribution in [0.5, 0.6) is 5.75 Å². The van der Waals surface area contributed by atoms with Gasteiger partial charge in [0.05, 0.1) is 6.61 Å². The number of halogens is 1. The molecule has 0 radical (unpaired) electrons. The number of hydrogen-bond acceptors (Lipinski definition) is 3. The van der Waals surface area contributed by atoms with E-state index in [0.717, 1.165) is 19.4 Å². The fourth-order valence-electron chi connectivity index (χ4n) is 1.77. The second-order valence-electron chi connectivity index (χ2n) is 3.96. The summed E-state index contributed by atoms with van der Waals surface area (Å²) in [6.07, 6.45) is 1.90. The van der Waals surface area contributed by atoms with E-state index < -0.39 is 5.82 Å². The van der Waals surface area contributed by atoms with Gasteiger partial charge >= 0.3 is 0 Å². The summed E-state index contributed by atoms with van der Waals surface area (Å²) in [5, 5.41) is 0. The Hall–Kier alpha value is -1.20. The highest BCUT2D eigenvalue weighted by Crippen LogP contribution is 2.20. The molecule has 17 heavy (non-hydrogen) atoms. The van der Waals surface area contributed by atoms with Crippen LogP contribution in [-0.4, -0.2) is 24.3 Å². The van der Waals surface area contributed by atoms with Gasteiger partial charge in [0.15, 0.2) is 0 Å². The standard InChI is InChI=1S/C12H14FNO2S/c13-11-6-8(3-4-10(11)12(14)17)16-9-2-1-5-15-7-9/h3-4,6,9H,1-2,5,7H2,(H2,14,17). The number of hydrogen-bond donors (Lipinski definition) is 1. The molecule has 1 fully saturated rings. The Kier molecular flexibility index (Phi) is 3.91. The van der Waals surface area contributed by atoms with Crippen LogP contribution in [0.2, 0.25) is 0 Å². The fraction of sp³-hybridized carbons (Fsp3) is 0.417. The molecule has 1 aliphatic rings. The summed E-state index contributed by atoms with van der Waals surface area (Å²) in [7, 11) is 0. The van der Waals surface area contributed by atoms with Gasteiger partial charge in [-0.15, -0.1) is 0 Å². The monoisotopic (exact) mass is 255 g/mol. The Labute approximate surface area is 105 Å². The van der Waals surface area contributed by atoms with Crippen LogP contribution in [-0.2, 0) is 4.74 Å². The van der Waals surface area contributed by atoms with E-state index in [1.54, 1.807) is 6.07 Å². The second-order valence-corrected chi connectivity index (χ2v) is 4.40. The average molecular weight is 255 g/mol. The molecule has 1 aromatic carbocycles. The normalized spacial score (nSPS) is 19.9. The Morgan fingerprint density at radius 1 is 1.53 bits per heavy atom. The van der Waals surface area contributed by atoms with Gasteiger partial charge < -0.3 is 15.2 Å². The van der Waals surface area contributed by atoms with Crippen LogP contribution in [0.1, 0.15) is 18.4 Å².